The molecule has 0 spiro atoms. The molecule has 2 aliphatic heterocycles. The van der Waals surface area contributed by atoms with E-state index in [1.807, 2.05) is 30.6 Å². The van der Waals surface area contributed by atoms with Gasteiger partial charge in [0.15, 0.2) is 11.5 Å². The van der Waals surface area contributed by atoms with Crippen molar-refractivity contribution in [2.45, 2.75) is 32.4 Å². The molecular formula is C22H26ClN5O2. The average molecular weight is 428 g/mol. The molecule has 2 aromatic heterocycles. The third-order valence-corrected chi connectivity index (χ3v) is 5.51. The lowest BCUT2D eigenvalue weighted by Crippen LogP contribution is -2.30. The van der Waals surface area contributed by atoms with Gasteiger partial charge in [0.1, 0.15) is 5.82 Å². The number of benzene rings is 1. The number of fused-ring (bicyclic) bond motifs is 1. The van der Waals surface area contributed by atoms with Crippen LogP contribution in [0.25, 0.3) is 11.3 Å². The number of ether oxygens (including phenoxy) is 2. The smallest absolute Gasteiger partial charge is 0.231 e. The van der Waals surface area contributed by atoms with Crippen LogP contribution in [0, 0.1) is 0 Å². The lowest BCUT2D eigenvalue weighted by Gasteiger charge is -2.27. The summed E-state index contributed by atoms with van der Waals surface area (Å²) < 4.78 is 10.9. The van der Waals surface area contributed by atoms with Gasteiger partial charge in [-0.05, 0) is 55.2 Å². The highest BCUT2D eigenvalue weighted by atomic mass is 35.5. The maximum absolute atomic E-state index is 5.50. The number of anilines is 1. The molecule has 1 aromatic carbocycles. The Morgan fingerprint density at radius 2 is 1.87 bits per heavy atom. The quantitative estimate of drug-likeness (QED) is 0.621. The van der Waals surface area contributed by atoms with Gasteiger partial charge in [0.25, 0.3) is 0 Å². The van der Waals surface area contributed by atoms with Crippen LogP contribution < -0.4 is 19.7 Å². The second-order valence-electron chi connectivity index (χ2n) is 7.51. The predicted octanol–water partition coefficient (Wildman–Crippen LogP) is 3.90. The Kier molecular flexibility index (Phi) is 6.40. The first kappa shape index (κ1) is 20.5. The summed E-state index contributed by atoms with van der Waals surface area (Å²) in [4.78, 5) is 6.95. The molecule has 8 heteroatoms. The number of piperidine rings is 1. The monoisotopic (exact) mass is 427 g/mol. The Hall–Kier alpha value is -2.77. The van der Waals surface area contributed by atoms with Crippen molar-refractivity contribution in [2.75, 3.05) is 24.8 Å². The SMILES string of the molecule is Cl.c1cc(CNCc2cn[nH]c2-c2ccc3c(c2)OCO3)cc(N2CCCCC2)n1. The Bertz CT molecular complexity index is 987. The predicted molar refractivity (Wildman–Crippen MR) is 118 cm³/mol. The summed E-state index contributed by atoms with van der Waals surface area (Å²) in [6.45, 7) is 4.01. The topological polar surface area (TPSA) is 75.3 Å². The van der Waals surface area contributed by atoms with Gasteiger partial charge in [-0.2, -0.15) is 5.10 Å². The maximum atomic E-state index is 5.50. The molecule has 2 aliphatic rings. The number of aromatic amines is 1. The molecule has 5 rings (SSSR count). The third kappa shape index (κ3) is 4.37. The zero-order valence-electron chi connectivity index (χ0n) is 16.8. The minimum Gasteiger partial charge on any atom is -0.454 e. The minimum atomic E-state index is 0. The lowest BCUT2D eigenvalue weighted by atomic mass is 10.1. The molecule has 0 bridgehead atoms. The second-order valence-corrected chi connectivity index (χ2v) is 7.51. The highest BCUT2D eigenvalue weighted by Crippen LogP contribution is 2.36. The van der Waals surface area contributed by atoms with Gasteiger partial charge in [-0.15, -0.1) is 12.4 Å². The summed E-state index contributed by atoms with van der Waals surface area (Å²) in [5, 5.41) is 10.9. The van der Waals surface area contributed by atoms with Crippen molar-refractivity contribution in [1.82, 2.24) is 20.5 Å². The van der Waals surface area contributed by atoms with Crippen LogP contribution in [0.15, 0.2) is 42.7 Å². The van der Waals surface area contributed by atoms with E-state index in [2.05, 4.69) is 37.5 Å². The van der Waals surface area contributed by atoms with Gasteiger partial charge in [0, 0.05) is 43.5 Å². The highest BCUT2D eigenvalue weighted by Gasteiger charge is 2.16. The van der Waals surface area contributed by atoms with E-state index in [0.717, 1.165) is 60.3 Å². The second kappa shape index (κ2) is 9.36. The Labute approximate surface area is 182 Å². The standard InChI is InChI=1S/C22H25N5O2.ClH/c1-2-8-27(9-3-1)21-10-16(6-7-24-21)12-23-13-18-14-25-26-22(18)17-4-5-19-20(11-17)29-15-28-19;/h4-7,10-11,14,23H,1-3,8-9,12-13,15H2,(H,25,26);1H. The molecule has 2 N–H and O–H groups in total. The van der Waals surface area contributed by atoms with Crippen LogP contribution in [0.4, 0.5) is 5.82 Å². The van der Waals surface area contributed by atoms with Gasteiger partial charge in [-0.3, -0.25) is 5.10 Å². The number of aromatic nitrogens is 3. The summed E-state index contributed by atoms with van der Waals surface area (Å²) in [6, 6.07) is 10.2. The number of hydrogen-bond acceptors (Lipinski definition) is 6. The molecule has 158 valence electrons. The fourth-order valence-corrected chi connectivity index (χ4v) is 3.96. The molecule has 0 unspecified atom stereocenters. The molecule has 1 saturated heterocycles. The van der Waals surface area contributed by atoms with Crippen molar-refractivity contribution < 1.29 is 9.47 Å². The van der Waals surface area contributed by atoms with Crippen molar-refractivity contribution in [3.8, 4) is 22.8 Å². The van der Waals surface area contributed by atoms with Gasteiger partial charge in [0.05, 0.1) is 11.9 Å². The van der Waals surface area contributed by atoms with Crippen molar-refractivity contribution >= 4 is 18.2 Å². The number of H-pyrrole nitrogens is 1. The molecule has 4 heterocycles. The molecule has 3 aromatic rings. The number of hydrogen-bond donors (Lipinski definition) is 2. The summed E-state index contributed by atoms with van der Waals surface area (Å²) >= 11 is 0. The summed E-state index contributed by atoms with van der Waals surface area (Å²) in [5.74, 6) is 2.65. The van der Waals surface area contributed by atoms with E-state index < -0.39 is 0 Å². The van der Waals surface area contributed by atoms with E-state index in [0.29, 0.717) is 0 Å². The molecule has 0 amide bonds. The highest BCUT2D eigenvalue weighted by molar-refractivity contribution is 5.85. The third-order valence-electron chi connectivity index (χ3n) is 5.51. The first-order valence-electron chi connectivity index (χ1n) is 10.2. The van der Waals surface area contributed by atoms with Gasteiger partial charge >= 0.3 is 0 Å². The number of halogens is 1. The first-order chi connectivity index (χ1) is 14.4. The summed E-state index contributed by atoms with van der Waals surface area (Å²) in [6.07, 6.45) is 7.63. The lowest BCUT2D eigenvalue weighted by molar-refractivity contribution is 0.174. The van der Waals surface area contributed by atoms with Gasteiger partial charge in [0.2, 0.25) is 6.79 Å². The number of rotatable bonds is 6. The van der Waals surface area contributed by atoms with Crippen LogP contribution >= 0.6 is 12.4 Å². The Morgan fingerprint density at radius 3 is 2.77 bits per heavy atom. The summed E-state index contributed by atoms with van der Waals surface area (Å²) in [7, 11) is 0. The summed E-state index contributed by atoms with van der Waals surface area (Å²) in [5.41, 5.74) is 4.40. The van der Waals surface area contributed by atoms with Crippen LogP contribution in [0.3, 0.4) is 0 Å². The van der Waals surface area contributed by atoms with E-state index in [4.69, 9.17) is 9.47 Å². The van der Waals surface area contributed by atoms with Crippen LogP contribution in [-0.4, -0.2) is 35.1 Å². The largest absolute Gasteiger partial charge is 0.454 e. The minimum absolute atomic E-state index is 0. The molecule has 30 heavy (non-hydrogen) atoms. The number of nitrogens with zero attached hydrogens (tertiary/aromatic N) is 3. The fourth-order valence-electron chi connectivity index (χ4n) is 3.96. The van der Waals surface area contributed by atoms with Gasteiger partial charge in [-0.1, -0.05) is 0 Å². The van der Waals surface area contributed by atoms with Crippen molar-refractivity contribution in [3.05, 3.63) is 53.9 Å². The van der Waals surface area contributed by atoms with Crippen LogP contribution in [-0.2, 0) is 13.1 Å². The molecule has 1 fully saturated rings. The molecule has 0 saturated carbocycles. The van der Waals surface area contributed by atoms with E-state index in [1.54, 1.807) is 0 Å². The van der Waals surface area contributed by atoms with E-state index >= 15 is 0 Å². The zero-order chi connectivity index (χ0) is 19.5. The van der Waals surface area contributed by atoms with Crippen LogP contribution in [0.1, 0.15) is 30.4 Å². The van der Waals surface area contributed by atoms with Crippen LogP contribution in [0.2, 0.25) is 0 Å². The maximum Gasteiger partial charge on any atom is 0.231 e. The van der Waals surface area contributed by atoms with Crippen LogP contribution in [0.5, 0.6) is 11.5 Å². The molecular weight excluding hydrogens is 402 g/mol. The average Bonchev–Trinajstić information content (AvgIpc) is 3.43. The molecule has 0 radical (unpaired) electrons. The number of nitrogens with one attached hydrogen (secondary N) is 2. The van der Waals surface area contributed by atoms with E-state index in [1.165, 1.54) is 24.8 Å². The fraction of sp³-hybridized carbons (Fsp3) is 0.364. The van der Waals surface area contributed by atoms with E-state index in [-0.39, 0.29) is 19.2 Å². The molecule has 0 aliphatic carbocycles. The van der Waals surface area contributed by atoms with Crippen molar-refractivity contribution in [1.29, 1.82) is 0 Å². The molecule has 0 atom stereocenters. The van der Waals surface area contributed by atoms with E-state index in [9.17, 15) is 0 Å². The zero-order valence-corrected chi connectivity index (χ0v) is 17.6. The van der Waals surface area contributed by atoms with Gasteiger partial charge < -0.3 is 19.7 Å². The van der Waals surface area contributed by atoms with Crippen molar-refractivity contribution in [2.24, 2.45) is 0 Å². The normalized spacial score (nSPS) is 15.1. The van der Waals surface area contributed by atoms with Crippen molar-refractivity contribution in [3.63, 3.8) is 0 Å². The Morgan fingerprint density at radius 1 is 1.00 bits per heavy atom. The Balaban J connectivity index is 0.00000218. The number of pyridine rings is 1. The van der Waals surface area contributed by atoms with Gasteiger partial charge in [-0.25, -0.2) is 4.98 Å². The molecule has 7 nitrogen and oxygen atoms in total. The first-order valence-corrected chi connectivity index (χ1v) is 10.2.